The van der Waals surface area contributed by atoms with Gasteiger partial charge < -0.3 is 24.6 Å². The SMILES string of the molecule is COc1cc(OC)c(Cl)c(-c2cc3cnc(NC(C)C)nc3n(C3CCN(C(=O)/C=C/CN(C)C)CC3)c2=O)c1Cl. The second-order valence-corrected chi connectivity index (χ2v) is 11.3. The Balaban J connectivity index is 1.83. The van der Waals surface area contributed by atoms with Crippen molar-refractivity contribution < 1.29 is 14.3 Å². The van der Waals surface area contributed by atoms with E-state index in [0.29, 0.717) is 66.5 Å². The minimum Gasteiger partial charge on any atom is -0.495 e. The number of pyridine rings is 1. The summed E-state index contributed by atoms with van der Waals surface area (Å²) >= 11 is 13.5. The van der Waals surface area contributed by atoms with Crippen molar-refractivity contribution >= 4 is 46.1 Å². The number of methoxy groups -OCH3 is 2. The van der Waals surface area contributed by atoms with Crippen LogP contribution in [0, 0.1) is 0 Å². The normalized spacial score (nSPS) is 14.4. The minimum atomic E-state index is -0.304. The number of carbonyl (C=O) groups is 1. The molecule has 1 fully saturated rings. The van der Waals surface area contributed by atoms with Crippen LogP contribution in [-0.2, 0) is 4.79 Å². The van der Waals surface area contributed by atoms with Crippen molar-refractivity contribution in [1.82, 2.24) is 24.3 Å². The molecule has 1 aliphatic heterocycles. The molecule has 12 heteroatoms. The number of likely N-dealkylation sites (tertiary alicyclic amines) is 1. The van der Waals surface area contributed by atoms with Gasteiger partial charge >= 0.3 is 0 Å². The highest BCUT2D eigenvalue weighted by molar-refractivity contribution is 6.41. The van der Waals surface area contributed by atoms with Crippen LogP contribution in [0.25, 0.3) is 22.2 Å². The molecular weight excluding hydrogens is 567 g/mol. The van der Waals surface area contributed by atoms with Crippen molar-refractivity contribution in [3.05, 3.63) is 50.9 Å². The summed E-state index contributed by atoms with van der Waals surface area (Å²) in [5.41, 5.74) is 0.785. The number of fused-ring (bicyclic) bond motifs is 1. The van der Waals surface area contributed by atoms with E-state index >= 15 is 0 Å². The van der Waals surface area contributed by atoms with Gasteiger partial charge in [-0.2, -0.15) is 4.98 Å². The average molecular weight is 604 g/mol. The van der Waals surface area contributed by atoms with Gasteiger partial charge in [-0.15, -0.1) is 0 Å². The van der Waals surface area contributed by atoms with E-state index in [-0.39, 0.29) is 39.2 Å². The molecule has 1 amide bonds. The number of ether oxygens (including phenoxy) is 2. The van der Waals surface area contributed by atoms with Gasteiger partial charge in [0.1, 0.15) is 17.1 Å². The highest BCUT2D eigenvalue weighted by Crippen LogP contribution is 2.45. The van der Waals surface area contributed by atoms with E-state index in [1.165, 1.54) is 14.2 Å². The van der Waals surface area contributed by atoms with E-state index in [9.17, 15) is 9.59 Å². The summed E-state index contributed by atoms with van der Waals surface area (Å²) in [7, 11) is 6.87. The number of rotatable bonds is 9. The van der Waals surface area contributed by atoms with Gasteiger partial charge in [-0.1, -0.05) is 29.3 Å². The molecule has 1 saturated heterocycles. The van der Waals surface area contributed by atoms with E-state index in [4.69, 9.17) is 37.7 Å². The Morgan fingerprint density at radius 2 is 1.78 bits per heavy atom. The third-order valence-corrected chi connectivity index (χ3v) is 7.66. The molecule has 4 rings (SSSR count). The molecule has 10 nitrogen and oxygen atoms in total. The van der Waals surface area contributed by atoms with Crippen molar-refractivity contribution in [2.45, 2.75) is 38.8 Å². The Bertz CT molecular complexity index is 1490. The van der Waals surface area contributed by atoms with Crippen molar-refractivity contribution in [3.8, 4) is 22.6 Å². The van der Waals surface area contributed by atoms with Gasteiger partial charge in [-0.3, -0.25) is 14.2 Å². The third kappa shape index (κ3) is 6.60. The lowest BCUT2D eigenvalue weighted by molar-refractivity contribution is -0.127. The number of nitrogens with zero attached hydrogens (tertiary/aromatic N) is 5. The monoisotopic (exact) mass is 602 g/mol. The van der Waals surface area contributed by atoms with Gasteiger partial charge in [-0.25, -0.2) is 4.98 Å². The Hall–Kier alpha value is -3.34. The zero-order chi connectivity index (χ0) is 29.8. The standard InChI is InChI=1S/C29H36Cl2N6O4/c1-17(2)33-29-32-16-18-14-20(24-25(30)21(40-5)15-22(41-6)26(24)31)28(39)37(27(18)34-29)19-9-12-36(13-10-19)23(38)8-7-11-35(3)4/h7-8,14-17,19H,9-13H2,1-6H3,(H,32,33,34)/b8-7+. The van der Waals surface area contributed by atoms with Crippen LogP contribution in [0.2, 0.25) is 10.0 Å². The average Bonchev–Trinajstić information content (AvgIpc) is 2.93. The summed E-state index contributed by atoms with van der Waals surface area (Å²) in [6, 6.07) is 3.17. The lowest BCUT2D eigenvalue weighted by atomic mass is 10.0. The van der Waals surface area contributed by atoms with Crippen LogP contribution < -0.4 is 20.3 Å². The maximum atomic E-state index is 14.3. The summed E-state index contributed by atoms with van der Waals surface area (Å²) in [4.78, 5) is 40.1. The highest BCUT2D eigenvalue weighted by atomic mass is 35.5. The summed E-state index contributed by atoms with van der Waals surface area (Å²) in [6.07, 6.45) is 6.29. The van der Waals surface area contributed by atoms with Crippen LogP contribution in [0.1, 0.15) is 32.7 Å². The number of halogens is 2. The lowest BCUT2D eigenvalue weighted by Crippen LogP contribution is -2.40. The molecule has 0 saturated carbocycles. The van der Waals surface area contributed by atoms with Crippen molar-refractivity contribution in [3.63, 3.8) is 0 Å². The molecule has 0 bridgehead atoms. The van der Waals surface area contributed by atoms with Crippen LogP contribution in [-0.4, -0.2) is 84.2 Å². The first-order chi connectivity index (χ1) is 19.5. The van der Waals surface area contributed by atoms with Crippen LogP contribution in [0.3, 0.4) is 0 Å². The fourth-order valence-electron chi connectivity index (χ4n) is 4.90. The molecule has 0 unspecified atom stereocenters. The van der Waals surface area contributed by atoms with Gasteiger partial charge in [-0.05, 0) is 46.9 Å². The van der Waals surface area contributed by atoms with Crippen molar-refractivity contribution in [2.24, 2.45) is 0 Å². The summed E-state index contributed by atoms with van der Waals surface area (Å²) in [6.45, 7) is 5.67. The lowest BCUT2D eigenvalue weighted by Gasteiger charge is -2.33. The zero-order valence-corrected chi connectivity index (χ0v) is 25.7. The fourth-order valence-corrected chi connectivity index (χ4v) is 5.61. The number of aromatic nitrogens is 3. The summed E-state index contributed by atoms with van der Waals surface area (Å²) < 4.78 is 12.6. The molecular formula is C29H36Cl2N6O4. The van der Waals surface area contributed by atoms with Gasteiger partial charge in [0.15, 0.2) is 0 Å². The molecule has 0 aliphatic carbocycles. The molecule has 0 radical (unpaired) electrons. The molecule has 0 atom stereocenters. The second-order valence-electron chi connectivity index (χ2n) is 10.5. The number of likely N-dealkylation sites (N-methyl/N-ethyl adjacent to an activating group) is 1. The van der Waals surface area contributed by atoms with Gasteiger partial charge in [0, 0.05) is 61.0 Å². The van der Waals surface area contributed by atoms with Crippen LogP contribution in [0.5, 0.6) is 11.5 Å². The molecule has 1 aromatic carbocycles. The zero-order valence-electron chi connectivity index (χ0n) is 24.2. The smallest absolute Gasteiger partial charge is 0.260 e. The van der Waals surface area contributed by atoms with E-state index < -0.39 is 0 Å². The van der Waals surface area contributed by atoms with Crippen LogP contribution in [0.15, 0.2) is 35.3 Å². The molecule has 1 aliphatic rings. The number of hydrogen-bond acceptors (Lipinski definition) is 8. The molecule has 1 N–H and O–H groups in total. The molecule has 41 heavy (non-hydrogen) atoms. The first-order valence-electron chi connectivity index (χ1n) is 13.4. The van der Waals surface area contributed by atoms with Gasteiger partial charge in [0.2, 0.25) is 11.9 Å². The second kappa shape index (κ2) is 13.1. The number of anilines is 1. The Kier molecular flexibility index (Phi) is 9.78. The highest BCUT2D eigenvalue weighted by Gasteiger charge is 2.28. The Labute approximate surface area is 249 Å². The topological polar surface area (TPSA) is 102 Å². The largest absolute Gasteiger partial charge is 0.495 e. The van der Waals surface area contributed by atoms with E-state index in [1.807, 2.05) is 38.9 Å². The Morgan fingerprint density at radius 1 is 1.15 bits per heavy atom. The van der Waals surface area contributed by atoms with E-state index in [1.54, 1.807) is 33.9 Å². The predicted molar refractivity (Wildman–Crippen MR) is 164 cm³/mol. The van der Waals surface area contributed by atoms with Crippen molar-refractivity contribution in [2.75, 3.05) is 53.3 Å². The molecule has 3 heterocycles. The number of amides is 1. The van der Waals surface area contributed by atoms with E-state index in [2.05, 4.69) is 10.3 Å². The maximum Gasteiger partial charge on any atom is 0.260 e. The summed E-state index contributed by atoms with van der Waals surface area (Å²) in [5.74, 6) is 1.04. The summed E-state index contributed by atoms with van der Waals surface area (Å²) in [5, 5.41) is 4.26. The minimum absolute atomic E-state index is 0.0379. The fraction of sp³-hybridized carbons (Fsp3) is 0.448. The maximum absolute atomic E-state index is 14.3. The molecule has 3 aromatic rings. The van der Waals surface area contributed by atoms with Crippen LogP contribution >= 0.6 is 23.2 Å². The Morgan fingerprint density at radius 3 is 2.34 bits per heavy atom. The van der Waals surface area contributed by atoms with E-state index in [0.717, 1.165) is 0 Å². The van der Waals surface area contributed by atoms with Crippen molar-refractivity contribution in [1.29, 1.82) is 0 Å². The molecule has 2 aromatic heterocycles. The first-order valence-corrected chi connectivity index (χ1v) is 14.2. The molecule has 220 valence electrons. The quantitative estimate of drug-likeness (QED) is 0.346. The predicted octanol–water partition coefficient (Wildman–Crippen LogP) is 4.88. The van der Waals surface area contributed by atoms with Crippen LogP contribution in [0.4, 0.5) is 5.95 Å². The van der Waals surface area contributed by atoms with Gasteiger partial charge in [0.05, 0.1) is 29.8 Å². The number of hydrogen-bond donors (Lipinski definition) is 1. The van der Waals surface area contributed by atoms with Gasteiger partial charge in [0.25, 0.3) is 5.56 Å². The third-order valence-electron chi connectivity index (χ3n) is 6.91. The number of piperidine rings is 1. The number of carbonyl (C=O) groups excluding carboxylic acids is 1. The number of benzene rings is 1. The number of nitrogens with one attached hydrogen (secondary N) is 1. The molecule has 0 spiro atoms. The first kappa shape index (κ1) is 30.6.